The van der Waals surface area contributed by atoms with E-state index in [1.165, 1.54) is 12.1 Å². The van der Waals surface area contributed by atoms with Crippen LogP contribution in [0.3, 0.4) is 0 Å². The van der Waals surface area contributed by atoms with E-state index in [4.69, 9.17) is 0 Å². The van der Waals surface area contributed by atoms with E-state index in [2.05, 4.69) is 10.4 Å². The molecule has 0 spiro atoms. The zero-order chi connectivity index (χ0) is 13.1. The second-order valence-electron chi connectivity index (χ2n) is 4.15. The Labute approximate surface area is 104 Å². The molecule has 2 aromatic rings. The van der Waals surface area contributed by atoms with E-state index in [9.17, 15) is 9.18 Å². The molecule has 0 aliphatic heterocycles. The normalized spacial score (nSPS) is 10.4. The molecule has 94 valence electrons. The van der Waals surface area contributed by atoms with Gasteiger partial charge in [0.05, 0.1) is 5.69 Å². The van der Waals surface area contributed by atoms with Gasteiger partial charge in [0.15, 0.2) is 0 Å². The molecule has 0 fully saturated rings. The third kappa shape index (κ3) is 2.94. The van der Waals surface area contributed by atoms with Crippen LogP contribution in [0, 0.1) is 19.7 Å². The Balaban J connectivity index is 2.01. The van der Waals surface area contributed by atoms with Crippen LogP contribution in [0.5, 0.6) is 0 Å². The molecular weight excluding hydrogens is 233 g/mol. The van der Waals surface area contributed by atoms with Crippen LogP contribution in [0.2, 0.25) is 0 Å². The number of carbonyl (C=O) groups excluding carboxylic acids is 1. The maximum absolute atomic E-state index is 12.9. The highest BCUT2D eigenvalue weighted by molar-refractivity contribution is 5.90. The lowest BCUT2D eigenvalue weighted by molar-refractivity contribution is -0.116. The van der Waals surface area contributed by atoms with Crippen molar-refractivity contribution in [3.05, 3.63) is 47.5 Å². The Morgan fingerprint density at radius 3 is 2.83 bits per heavy atom. The van der Waals surface area contributed by atoms with Crippen LogP contribution < -0.4 is 5.32 Å². The van der Waals surface area contributed by atoms with Gasteiger partial charge in [-0.25, -0.2) is 4.39 Å². The van der Waals surface area contributed by atoms with Crippen LogP contribution in [0.4, 0.5) is 10.1 Å². The molecule has 1 heterocycles. The molecule has 0 radical (unpaired) electrons. The van der Waals surface area contributed by atoms with Gasteiger partial charge in [-0.05, 0) is 37.6 Å². The standard InChI is InChI=1S/C13H14FN3O/c1-9-7-17(16-10(9)2)8-13(18)15-12-5-3-4-11(14)6-12/h3-7H,8H2,1-2H3,(H,15,18). The third-order valence-corrected chi connectivity index (χ3v) is 2.61. The first kappa shape index (κ1) is 12.3. The third-order valence-electron chi connectivity index (χ3n) is 2.61. The van der Waals surface area contributed by atoms with Crippen LogP contribution in [-0.4, -0.2) is 15.7 Å². The Morgan fingerprint density at radius 1 is 1.44 bits per heavy atom. The van der Waals surface area contributed by atoms with Gasteiger partial charge in [-0.1, -0.05) is 6.07 Å². The van der Waals surface area contributed by atoms with Gasteiger partial charge in [0.25, 0.3) is 0 Å². The van der Waals surface area contributed by atoms with E-state index in [1.807, 2.05) is 13.8 Å². The number of rotatable bonds is 3. The molecule has 0 aliphatic carbocycles. The molecule has 0 saturated heterocycles. The van der Waals surface area contributed by atoms with Gasteiger partial charge in [-0.2, -0.15) is 5.10 Å². The number of benzene rings is 1. The van der Waals surface area contributed by atoms with E-state index in [1.54, 1.807) is 23.0 Å². The molecule has 1 N–H and O–H groups in total. The fraction of sp³-hybridized carbons (Fsp3) is 0.231. The Bertz CT molecular complexity index is 558. The number of halogens is 1. The van der Waals surface area contributed by atoms with Crippen molar-refractivity contribution in [1.82, 2.24) is 9.78 Å². The summed E-state index contributed by atoms with van der Waals surface area (Å²) in [6.45, 7) is 3.94. The molecule has 1 amide bonds. The van der Waals surface area contributed by atoms with Crippen molar-refractivity contribution in [2.45, 2.75) is 20.4 Å². The minimum absolute atomic E-state index is 0.116. The van der Waals surface area contributed by atoms with Crippen molar-refractivity contribution >= 4 is 11.6 Å². The summed E-state index contributed by atoms with van der Waals surface area (Å²) in [7, 11) is 0. The van der Waals surface area contributed by atoms with Crippen LogP contribution >= 0.6 is 0 Å². The lowest BCUT2D eigenvalue weighted by Crippen LogP contribution is -2.19. The summed E-state index contributed by atoms with van der Waals surface area (Å²) in [5.41, 5.74) is 2.38. The number of aryl methyl sites for hydroxylation is 2. The van der Waals surface area contributed by atoms with Crippen molar-refractivity contribution in [2.75, 3.05) is 5.32 Å². The molecule has 0 saturated carbocycles. The van der Waals surface area contributed by atoms with Crippen LogP contribution in [0.25, 0.3) is 0 Å². The smallest absolute Gasteiger partial charge is 0.246 e. The predicted molar refractivity (Wildman–Crippen MR) is 66.7 cm³/mol. The summed E-state index contributed by atoms with van der Waals surface area (Å²) < 4.78 is 14.5. The second-order valence-corrected chi connectivity index (χ2v) is 4.15. The van der Waals surface area contributed by atoms with Crippen molar-refractivity contribution in [3.8, 4) is 0 Å². The van der Waals surface area contributed by atoms with Crippen LogP contribution in [0.1, 0.15) is 11.3 Å². The molecular formula is C13H14FN3O. The van der Waals surface area contributed by atoms with Gasteiger partial charge in [0.2, 0.25) is 5.91 Å². The number of nitrogens with zero attached hydrogens (tertiary/aromatic N) is 2. The molecule has 2 rings (SSSR count). The summed E-state index contributed by atoms with van der Waals surface area (Å²) in [4.78, 5) is 11.7. The van der Waals surface area contributed by atoms with Gasteiger partial charge in [0.1, 0.15) is 12.4 Å². The van der Waals surface area contributed by atoms with E-state index in [0.717, 1.165) is 11.3 Å². The quantitative estimate of drug-likeness (QED) is 0.904. The van der Waals surface area contributed by atoms with E-state index in [-0.39, 0.29) is 18.3 Å². The lowest BCUT2D eigenvalue weighted by Gasteiger charge is -2.05. The molecule has 4 nitrogen and oxygen atoms in total. The highest BCUT2D eigenvalue weighted by Gasteiger charge is 2.06. The fourth-order valence-electron chi connectivity index (χ4n) is 1.61. The summed E-state index contributed by atoms with van der Waals surface area (Å²) in [6, 6.07) is 5.79. The zero-order valence-corrected chi connectivity index (χ0v) is 10.3. The Morgan fingerprint density at radius 2 is 2.22 bits per heavy atom. The van der Waals surface area contributed by atoms with E-state index < -0.39 is 0 Å². The average molecular weight is 247 g/mol. The summed E-state index contributed by atoms with van der Waals surface area (Å²) in [5, 5.41) is 6.81. The Hall–Kier alpha value is -2.17. The Kier molecular flexibility index (Phi) is 3.41. The van der Waals surface area contributed by atoms with Gasteiger partial charge >= 0.3 is 0 Å². The average Bonchev–Trinajstić information content (AvgIpc) is 2.57. The van der Waals surface area contributed by atoms with Gasteiger partial charge < -0.3 is 5.32 Å². The minimum Gasteiger partial charge on any atom is -0.324 e. The van der Waals surface area contributed by atoms with Crippen molar-refractivity contribution < 1.29 is 9.18 Å². The van der Waals surface area contributed by atoms with Crippen LogP contribution in [0.15, 0.2) is 30.5 Å². The monoisotopic (exact) mass is 247 g/mol. The number of anilines is 1. The maximum atomic E-state index is 12.9. The maximum Gasteiger partial charge on any atom is 0.246 e. The van der Waals surface area contributed by atoms with Gasteiger partial charge in [-0.3, -0.25) is 9.48 Å². The number of aromatic nitrogens is 2. The molecule has 0 aliphatic rings. The molecule has 0 unspecified atom stereocenters. The lowest BCUT2D eigenvalue weighted by atomic mass is 10.3. The predicted octanol–water partition coefficient (Wildman–Crippen LogP) is 2.28. The van der Waals surface area contributed by atoms with Gasteiger partial charge in [-0.15, -0.1) is 0 Å². The molecule has 1 aromatic carbocycles. The summed E-state index contributed by atoms with van der Waals surface area (Å²) in [5.74, 6) is -0.610. The summed E-state index contributed by atoms with van der Waals surface area (Å²) >= 11 is 0. The zero-order valence-electron chi connectivity index (χ0n) is 10.3. The topological polar surface area (TPSA) is 46.9 Å². The molecule has 18 heavy (non-hydrogen) atoms. The highest BCUT2D eigenvalue weighted by atomic mass is 19.1. The molecule has 0 atom stereocenters. The molecule has 5 heteroatoms. The van der Waals surface area contributed by atoms with Gasteiger partial charge in [0, 0.05) is 11.9 Å². The van der Waals surface area contributed by atoms with Crippen molar-refractivity contribution in [2.24, 2.45) is 0 Å². The molecule has 1 aromatic heterocycles. The van der Waals surface area contributed by atoms with E-state index >= 15 is 0 Å². The highest BCUT2D eigenvalue weighted by Crippen LogP contribution is 2.09. The SMILES string of the molecule is Cc1cn(CC(=O)Nc2cccc(F)c2)nc1C. The number of carbonyl (C=O) groups is 1. The first-order valence-corrected chi connectivity index (χ1v) is 5.60. The minimum atomic E-state index is -0.376. The number of amides is 1. The molecule has 0 bridgehead atoms. The number of nitrogens with one attached hydrogen (secondary N) is 1. The number of hydrogen-bond donors (Lipinski definition) is 1. The van der Waals surface area contributed by atoms with Crippen molar-refractivity contribution in [3.63, 3.8) is 0 Å². The van der Waals surface area contributed by atoms with E-state index in [0.29, 0.717) is 5.69 Å². The second kappa shape index (κ2) is 5.00. The first-order valence-electron chi connectivity index (χ1n) is 5.60. The summed E-state index contributed by atoms with van der Waals surface area (Å²) in [6.07, 6.45) is 1.81. The van der Waals surface area contributed by atoms with Crippen LogP contribution in [-0.2, 0) is 11.3 Å². The first-order chi connectivity index (χ1) is 8.54. The largest absolute Gasteiger partial charge is 0.324 e. The van der Waals surface area contributed by atoms with Crippen molar-refractivity contribution in [1.29, 1.82) is 0 Å². The fourth-order valence-corrected chi connectivity index (χ4v) is 1.61. The number of hydrogen-bond acceptors (Lipinski definition) is 2.